The van der Waals surface area contributed by atoms with Gasteiger partial charge >= 0.3 is 11.9 Å². The highest BCUT2D eigenvalue weighted by molar-refractivity contribution is 5.92. The van der Waals surface area contributed by atoms with Crippen molar-refractivity contribution in [1.82, 2.24) is 0 Å². The van der Waals surface area contributed by atoms with E-state index in [1.165, 1.54) is 0 Å². The molecule has 0 unspecified atom stereocenters. The smallest absolute Gasteiger partial charge is 0.338 e. The Balaban J connectivity index is 3.27. The van der Waals surface area contributed by atoms with Crippen molar-refractivity contribution in [2.24, 2.45) is 0 Å². The quantitative estimate of drug-likeness (QED) is 0.503. The van der Waals surface area contributed by atoms with Gasteiger partial charge in [-0.3, -0.25) is 0 Å². The Bertz CT molecular complexity index is 504. The van der Waals surface area contributed by atoms with Crippen molar-refractivity contribution in [3.05, 3.63) is 41.0 Å². The molecule has 0 fully saturated rings. The van der Waals surface area contributed by atoms with Crippen LogP contribution in [0.4, 0.5) is 0 Å². The average molecular weight is 262 g/mol. The van der Waals surface area contributed by atoms with Gasteiger partial charge in [-0.15, -0.1) is 0 Å². The second-order valence-corrected chi connectivity index (χ2v) is 4.30. The van der Waals surface area contributed by atoms with Crippen LogP contribution in [0.15, 0.2) is 24.3 Å². The molecule has 0 heterocycles. The largest absolute Gasteiger partial charge is 0.478 e. The maximum atomic E-state index is 11.5. The minimum atomic E-state index is -0.952. The number of esters is 1. The highest BCUT2D eigenvalue weighted by Gasteiger charge is 2.17. The molecule has 0 radical (unpaired) electrons. The van der Waals surface area contributed by atoms with Crippen LogP contribution in [0.2, 0.25) is 0 Å². The molecule has 1 aromatic rings. The third-order valence-corrected chi connectivity index (χ3v) is 2.81. The average Bonchev–Trinajstić information content (AvgIpc) is 2.36. The summed E-state index contributed by atoms with van der Waals surface area (Å²) in [6.07, 6.45) is 1.13. The summed E-state index contributed by atoms with van der Waals surface area (Å²) >= 11 is 0. The molecule has 4 heteroatoms. The number of hydrogen-bond acceptors (Lipinski definition) is 3. The summed E-state index contributed by atoms with van der Waals surface area (Å²) in [6, 6.07) is 3.20. The molecule has 102 valence electrons. The van der Waals surface area contributed by atoms with Gasteiger partial charge in [-0.25, -0.2) is 9.59 Å². The number of carbonyl (C=O) groups excluding carboxylic acids is 1. The van der Waals surface area contributed by atoms with Crippen LogP contribution >= 0.6 is 0 Å². The van der Waals surface area contributed by atoms with Gasteiger partial charge in [0.15, 0.2) is 0 Å². The molecule has 0 aliphatic carbocycles. The van der Waals surface area contributed by atoms with E-state index in [1.54, 1.807) is 19.1 Å². The van der Waals surface area contributed by atoms with Crippen molar-refractivity contribution in [2.45, 2.75) is 33.6 Å². The van der Waals surface area contributed by atoms with Crippen molar-refractivity contribution in [3.8, 4) is 5.75 Å². The molecular formula is C15H18O4. The third kappa shape index (κ3) is 3.44. The number of carbonyl (C=O) groups is 2. The van der Waals surface area contributed by atoms with Crippen LogP contribution in [0, 0.1) is 0 Å². The van der Waals surface area contributed by atoms with Gasteiger partial charge in [0.25, 0.3) is 0 Å². The van der Waals surface area contributed by atoms with E-state index >= 15 is 0 Å². The van der Waals surface area contributed by atoms with Gasteiger partial charge in [0.2, 0.25) is 0 Å². The third-order valence-electron chi connectivity index (χ3n) is 2.81. The van der Waals surface area contributed by atoms with Gasteiger partial charge in [0, 0.05) is 5.57 Å². The molecule has 0 atom stereocenters. The number of carboxylic acids is 1. The first-order chi connectivity index (χ1) is 8.90. The van der Waals surface area contributed by atoms with Crippen LogP contribution in [-0.4, -0.2) is 17.0 Å². The van der Waals surface area contributed by atoms with Crippen LogP contribution in [0.3, 0.4) is 0 Å². The van der Waals surface area contributed by atoms with E-state index in [9.17, 15) is 14.7 Å². The molecule has 1 rings (SSSR count). The lowest BCUT2D eigenvalue weighted by Gasteiger charge is -2.12. The first kappa shape index (κ1) is 15.0. The van der Waals surface area contributed by atoms with Crippen molar-refractivity contribution in [3.63, 3.8) is 0 Å². The Morgan fingerprint density at radius 1 is 1.21 bits per heavy atom. The Labute approximate surface area is 112 Å². The number of carboxylic acid groups (broad SMARTS) is 1. The van der Waals surface area contributed by atoms with E-state index in [0.29, 0.717) is 40.9 Å². The minimum Gasteiger partial charge on any atom is -0.478 e. The van der Waals surface area contributed by atoms with Gasteiger partial charge < -0.3 is 9.84 Å². The maximum absolute atomic E-state index is 11.5. The molecular weight excluding hydrogens is 244 g/mol. The molecule has 0 amide bonds. The molecule has 1 N–H and O–H groups in total. The van der Waals surface area contributed by atoms with Gasteiger partial charge in [-0.2, -0.15) is 0 Å². The SMILES string of the molecule is C=C(C)C(=O)Oc1cc(CC)c(C(=O)O)c(CC)c1. The van der Waals surface area contributed by atoms with E-state index in [4.69, 9.17) is 4.74 Å². The molecule has 0 aliphatic rings. The lowest BCUT2D eigenvalue weighted by atomic mass is 9.97. The number of aryl methyl sites for hydroxylation is 2. The Morgan fingerprint density at radius 3 is 2.00 bits per heavy atom. The summed E-state index contributed by atoms with van der Waals surface area (Å²) in [6.45, 7) is 8.81. The Morgan fingerprint density at radius 2 is 1.68 bits per heavy atom. The zero-order valence-corrected chi connectivity index (χ0v) is 11.4. The van der Waals surface area contributed by atoms with Crippen LogP contribution in [0.5, 0.6) is 5.75 Å². The molecule has 0 aromatic heterocycles. The van der Waals surface area contributed by atoms with E-state index in [0.717, 1.165) is 0 Å². The second-order valence-electron chi connectivity index (χ2n) is 4.30. The van der Waals surface area contributed by atoms with E-state index < -0.39 is 11.9 Å². The predicted molar refractivity (Wildman–Crippen MR) is 72.6 cm³/mol. The monoisotopic (exact) mass is 262 g/mol. The highest BCUT2D eigenvalue weighted by Crippen LogP contribution is 2.24. The zero-order chi connectivity index (χ0) is 14.6. The first-order valence-electron chi connectivity index (χ1n) is 6.17. The van der Waals surface area contributed by atoms with E-state index in [-0.39, 0.29) is 0 Å². The van der Waals surface area contributed by atoms with Crippen molar-refractivity contribution in [1.29, 1.82) is 0 Å². The van der Waals surface area contributed by atoms with Crippen LogP contribution in [0.25, 0.3) is 0 Å². The predicted octanol–water partition coefficient (Wildman–Crippen LogP) is 2.99. The highest BCUT2D eigenvalue weighted by atomic mass is 16.5. The molecule has 0 saturated carbocycles. The van der Waals surface area contributed by atoms with Crippen molar-refractivity contribution < 1.29 is 19.4 Å². The standard InChI is InChI=1S/C15H18O4/c1-5-10-7-12(19-15(18)9(3)4)8-11(6-2)13(10)14(16)17/h7-8H,3,5-6H2,1-2,4H3,(H,16,17). The van der Waals surface area contributed by atoms with Gasteiger partial charge in [-0.1, -0.05) is 20.4 Å². The second kappa shape index (κ2) is 6.18. The number of ether oxygens (including phenoxy) is 1. The van der Waals surface area contributed by atoms with Crippen molar-refractivity contribution in [2.75, 3.05) is 0 Å². The number of aromatic carboxylic acids is 1. The van der Waals surface area contributed by atoms with Gasteiger partial charge in [0.1, 0.15) is 5.75 Å². The van der Waals surface area contributed by atoms with Crippen LogP contribution in [-0.2, 0) is 17.6 Å². The summed E-state index contributed by atoms with van der Waals surface area (Å²) in [5.74, 6) is -1.09. The molecule has 1 aromatic carbocycles. The van der Waals surface area contributed by atoms with E-state index in [2.05, 4.69) is 6.58 Å². The molecule has 0 saturated heterocycles. The first-order valence-corrected chi connectivity index (χ1v) is 6.17. The summed E-state index contributed by atoms with van der Waals surface area (Å²) in [5, 5.41) is 9.25. The van der Waals surface area contributed by atoms with Crippen molar-refractivity contribution >= 4 is 11.9 Å². The molecule has 4 nitrogen and oxygen atoms in total. The fourth-order valence-electron chi connectivity index (χ4n) is 1.82. The van der Waals surface area contributed by atoms with Crippen LogP contribution in [0.1, 0.15) is 42.3 Å². The Kier molecular flexibility index (Phi) is 4.87. The number of hydrogen-bond donors (Lipinski definition) is 1. The van der Waals surface area contributed by atoms with Gasteiger partial charge in [-0.05, 0) is 43.0 Å². The number of rotatable bonds is 5. The minimum absolute atomic E-state index is 0.304. The van der Waals surface area contributed by atoms with Gasteiger partial charge in [0.05, 0.1) is 5.56 Å². The lowest BCUT2D eigenvalue weighted by Crippen LogP contribution is -2.11. The topological polar surface area (TPSA) is 63.6 Å². The summed E-state index contributed by atoms with van der Waals surface area (Å²) < 4.78 is 5.16. The number of benzene rings is 1. The summed E-state index contributed by atoms with van der Waals surface area (Å²) in [7, 11) is 0. The van der Waals surface area contributed by atoms with Crippen LogP contribution < -0.4 is 4.74 Å². The lowest BCUT2D eigenvalue weighted by molar-refractivity contribution is -0.130. The van der Waals surface area contributed by atoms with E-state index in [1.807, 2.05) is 13.8 Å². The summed E-state index contributed by atoms with van der Waals surface area (Å²) in [5.41, 5.74) is 1.94. The normalized spacial score (nSPS) is 10.1. The summed E-state index contributed by atoms with van der Waals surface area (Å²) in [4.78, 5) is 22.8. The zero-order valence-electron chi connectivity index (χ0n) is 11.4. The molecule has 0 spiro atoms. The Hall–Kier alpha value is -2.10. The molecule has 0 bridgehead atoms. The molecule has 19 heavy (non-hydrogen) atoms. The fourth-order valence-corrected chi connectivity index (χ4v) is 1.82. The fraction of sp³-hybridized carbons (Fsp3) is 0.333. The molecule has 0 aliphatic heterocycles. The maximum Gasteiger partial charge on any atom is 0.338 e.